The normalized spacial score (nSPS) is 12.8. The van der Waals surface area contributed by atoms with Crippen LogP contribution >= 0.6 is 23.2 Å². The van der Waals surface area contributed by atoms with E-state index in [9.17, 15) is 4.39 Å². The summed E-state index contributed by atoms with van der Waals surface area (Å²) < 4.78 is 13.0. The summed E-state index contributed by atoms with van der Waals surface area (Å²) in [5.74, 6) is 0.746. The molecule has 0 radical (unpaired) electrons. The number of hydrogen-bond donors (Lipinski definition) is 0. The molecule has 1 aromatic carbocycles. The quantitative estimate of drug-likeness (QED) is 0.665. The average Bonchev–Trinajstić information content (AvgIpc) is 2.22. The molecule has 0 aromatic heterocycles. The Labute approximate surface area is 100 Å². The maximum atomic E-state index is 13.0. The molecule has 0 saturated carbocycles. The molecule has 0 amide bonds. The van der Waals surface area contributed by atoms with Gasteiger partial charge in [-0.1, -0.05) is 24.9 Å². The van der Waals surface area contributed by atoms with Crippen LogP contribution in [-0.2, 0) is 6.42 Å². The standard InChI is InChI=1S/C12H15Cl2F/c1-2-3-9(8-13)6-10-7-11(15)4-5-12(10)14/h4-5,7,9H,2-3,6,8H2,1H3. The maximum Gasteiger partial charge on any atom is 0.123 e. The summed E-state index contributed by atoms with van der Waals surface area (Å²) in [7, 11) is 0. The highest BCUT2D eigenvalue weighted by Gasteiger charge is 2.10. The second-order valence-electron chi connectivity index (χ2n) is 3.75. The van der Waals surface area contributed by atoms with Crippen molar-refractivity contribution in [3.05, 3.63) is 34.6 Å². The second-order valence-corrected chi connectivity index (χ2v) is 4.46. The zero-order valence-corrected chi connectivity index (χ0v) is 10.3. The summed E-state index contributed by atoms with van der Waals surface area (Å²) in [4.78, 5) is 0. The molecular weight excluding hydrogens is 234 g/mol. The predicted molar refractivity (Wildman–Crippen MR) is 64.2 cm³/mol. The van der Waals surface area contributed by atoms with Gasteiger partial charge in [0.1, 0.15) is 5.82 Å². The van der Waals surface area contributed by atoms with Gasteiger partial charge in [-0.25, -0.2) is 4.39 Å². The second kappa shape index (κ2) is 6.34. The van der Waals surface area contributed by atoms with Gasteiger partial charge < -0.3 is 0 Å². The van der Waals surface area contributed by atoms with Gasteiger partial charge in [0.25, 0.3) is 0 Å². The first-order chi connectivity index (χ1) is 7.17. The Balaban J connectivity index is 2.73. The van der Waals surface area contributed by atoms with E-state index in [0.29, 0.717) is 16.8 Å². The molecule has 0 aliphatic heterocycles. The van der Waals surface area contributed by atoms with E-state index in [1.165, 1.54) is 12.1 Å². The summed E-state index contributed by atoms with van der Waals surface area (Å²) in [6, 6.07) is 4.47. The van der Waals surface area contributed by atoms with Crippen LogP contribution in [0.3, 0.4) is 0 Å². The van der Waals surface area contributed by atoms with Crippen LogP contribution in [0.5, 0.6) is 0 Å². The SMILES string of the molecule is CCCC(CCl)Cc1cc(F)ccc1Cl. The molecule has 0 nitrogen and oxygen atoms in total. The fraction of sp³-hybridized carbons (Fsp3) is 0.500. The summed E-state index contributed by atoms with van der Waals surface area (Å²) >= 11 is 11.8. The van der Waals surface area contributed by atoms with Crippen LogP contribution in [0.25, 0.3) is 0 Å². The van der Waals surface area contributed by atoms with Gasteiger partial charge in [-0.2, -0.15) is 0 Å². The van der Waals surface area contributed by atoms with Crippen molar-refractivity contribution < 1.29 is 4.39 Å². The lowest BCUT2D eigenvalue weighted by Gasteiger charge is -2.13. The molecule has 0 aliphatic carbocycles. The molecule has 0 fully saturated rings. The number of alkyl halides is 1. The highest BCUT2D eigenvalue weighted by Crippen LogP contribution is 2.23. The molecule has 0 bridgehead atoms. The number of rotatable bonds is 5. The predicted octanol–water partition coefficient (Wildman–Crippen LogP) is 4.68. The number of halogens is 3. The van der Waals surface area contributed by atoms with E-state index in [1.807, 2.05) is 0 Å². The molecule has 0 N–H and O–H groups in total. The van der Waals surface area contributed by atoms with Gasteiger partial charge in [-0.05, 0) is 42.5 Å². The lowest BCUT2D eigenvalue weighted by atomic mass is 9.97. The summed E-state index contributed by atoms with van der Waals surface area (Å²) in [6.07, 6.45) is 2.90. The van der Waals surface area contributed by atoms with Crippen LogP contribution in [0.15, 0.2) is 18.2 Å². The summed E-state index contributed by atoms with van der Waals surface area (Å²) in [5, 5.41) is 0.627. The highest BCUT2D eigenvalue weighted by atomic mass is 35.5. The van der Waals surface area contributed by atoms with Crippen molar-refractivity contribution in [2.45, 2.75) is 26.2 Å². The molecule has 0 spiro atoms. The summed E-state index contributed by atoms with van der Waals surface area (Å²) in [6.45, 7) is 2.12. The van der Waals surface area contributed by atoms with Gasteiger partial charge in [-0.15, -0.1) is 11.6 Å². The van der Waals surface area contributed by atoms with E-state index >= 15 is 0 Å². The Hall–Kier alpha value is -0.270. The van der Waals surface area contributed by atoms with Gasteiger partial charge in [0.15, 0.2) is 0 Å². The van der Waals surface area contributed by atoms with Crippen molar-refractivity contribution in [2.24, 2.45) is 5.92 Å². The van der Waals surface area contributed by atoms with Crippen molar-refractivity contribution in [2.75, 3.05) is 5.88 Å². The first-order valence-corrected chi connectivity index (χ1v) is 6.08. The monoisotopic (exact) mass is 248 g/mol. The van der Waals surface area contributed by atoms with E-state index in [-0.39, 0.29) is 5.82 Å². The zero-order chi connectivity index (χ0) is 11.3. The van der Waals surface area contributed by atoms with Crippen LogP contribution in [0.4, 0.5) is 4.39 Å². The Bertz CT molecular complexity index is 312. The molecule has 1 atom stereocenters. The Morgan fingerprint density at radius 3 is 2.73 bits per heavy atom. The summed E-state index contributed by atoms with van der Waals surface area (Å²) in [5.41, 5.74) is 0.857. The van der Waals surface area contributed by atoms with Crippen LogP contribution in [-0.4, -0.2) is 5.88 Å². The topological polar surface area (TPSA) is 0 Å². The van der Waals surface area contributed by atoms with Crippen molar-refractivity contribution in [1.82, 2.24) is 0 Å². The fourth-order valence-corrected chi connectivity index (χ4v) is 2.11. The Morgan fingerprint density at radius 2 is 2.13 bits per heavy atom. The van der Waals surface area contributed by atoms with E-state index in [2.05, 4.69) is 6.92 Å². The first kappa shape index (κ1) is 12.8. The third-order valence-corrected chi connectivity index (χ3v) is 3.24. The van der Waals surface area contributed by atoms with E-state index in [4.69, 9.17) is 23.2 Å². The lowest BCUT2D eigenvalue weighted by Crippen LogP contribution is -2.06. The largest absolute Gasteiger partial charge is 0.207 e. The van der Waals surface area contributed by atoms with Crippen LogP contribution in [0, 0.1) is 11.7 Å². The van der Waals surface area contributed by atoms with Gasteiger partial charge in [0.2, 0.25) is 0 Å². The van der Waals surface area contributed by atoms with Gasteiger partial charge in [-0.3, -0.25) is 0 Å². The zero-order valence-electron chi connectivity index (χ0n) is 8.77. The van der Waals surface area contributed by atoms with Crippen molar-refractivity contribution >= 4 is 23.2 Å². The molecule has 0 heterocycles. The lowest BCUT2D eigenvalue weighted by molar-refractivity contribution is 0.526. The van der Waals surface area contributed by atoms with Crippen molar-refractivity contribution in [1.29, 1.82) is 0 Å². The first-order valence-electron chi connectivity index (χ1n) is 5.17. The van der Waals surface area contributed by atoms with E-state index in [1.54, 1.807) is 6.07 Å². The minimum Gasteiger partial charge on any atom is -0.207 e. The Morgan fingerprint density at radius 1 is 1.40 bits per heavy atom. The van der Waals surface area contributed by atoms with Gasteiger partial charge in [0, 0.05) is 10.9 Å². The third-order valence-electron chi connectivity index (χ3n) is 2.43. The molecular formula is C12H15Cl2F. The van der Waals surface area contributed by atoms with Gasteiger partial charge >= 0.3 is 0 Å². The molecule has 3 heteroatoms. The van der Waals surface area contributed by atoms with Gasteiger partial charge in [0.05, 0.1) is 0 Å². The van der Waals surface area contributed by atoms with Crippen LogP contribution < -0.4 is 0 Å². The van der Waals surface area contributed by atoms with E-state index in [0.717, 1.165) is 24.8 Å². The molecule has 0 aliphatic rings. The molecule has 84 valence electrons. The average molecular weight is 249 g/mol. The fourth-order valence-electron chi connectivity index (χ4n) is 1.65. The molecule has 1 unspecified atom stereocenters. The minimum atomic E-state index is -0.237. The molecule has 1 aromatic rings. The smallest absolute Gasteiger partial charge is 0.123 e. The maximum absolute atomic E-state index is 13.0. The molecule has 0 saturated heterocycles. The van der Waals surface area contributed by atoms with E-state index < -0.39 is 0 Å². The van der Waals surface area contributed by atoms with Crippen molar-refractivity contribution in [3.8, 4) is 0 Å². The van der Waals surface area contributed by atoms with Crippen LogP contribution in [0.2, 0.25) is 5.02 Å². The number of benzene rings is 1. The third kappa shape index (κ3) is 4.00. The molecule has 1 rings (SSSR count). The highest BCUT2D eigenvalue weighted by molar-refractivity contribution is 6.31. The molecule has 15 heavy (non-hydrogen) atoms. The van der Waals surface area contributed by atoms with Crippen molar-refractivity contribution in [3.63, 3.8) is 0 Å². The minimum absolute atomic E-state index is 0.237. The Kier molecular flexibility index (Phi) is 5.41. The van der Waals surface area contributed by atoms with Crippen LogP contribution in [0.1, 0.15) is 25.3 Å². The number of hydrogen-bond acceptors (Lipinski definition) is 0.